The molecule has 1 saturated heterocycles. The van der Waals surface area contributed by atoms with Crippen molar-refractivity contribution in [1.29, 1.82) is 0 Å². The summed E-state index contributed by atoms with van der Waals surface area (Å²) in [6, 6.07) is 9.13. The molecular formula is C15H22ClN. The molecule has 1 aliphatic heterocycles. The van der Waals surface area contributed by atoms with Crippen LogP contribution >= 0.6 is 12.4 Å². The van der Waals surface area contributed by atoms with E-state index in [4.69, 9.17) is 0 Å². The van der Waals surface area contributed by atoms with Gasteiger partial charge in [-0.2, -0.15) is 0 Å². The molecule has 0 radical (unpaired) electrons. The highest BCUT2D eigenvalue weighted by atomic mass is 35.5. The van der Waals surface area contributed by atoms with Gasteiger partial charge >= 0.3 is 0 Å². The van der Waals surface area contributed by atoms with Gasteiger partial charge in [0.25, 0.3) is 0 Å². The lowest BCUT2D eigenvalue weighted by Gasteiger charge is -2.35. The molecule has 0 spiro atoms. The first-order valence-electron chi connectivity index (χ1n) is 6.73. The maximum absolute atomic E-state index is 3.48. The zero-order valence-corrected chi connectivity index (χ0v) is 11.1. The molecule has 3 rings (SSSR count). The van der Waals surface area contributed by atoms with Gasteiger partial charge in [0.15, 0.2) is 0 Å². The van der Waals surface area contributed by atoms with E-state index in [2.05, 4.69) is 29.6 Å². The van der Waals surface area contributed by atoms with Crippen molar-refractivity contribution < 1.29 is 0 Å². The lowest BCUT2D eigenvalue weighted by molar-refractivity contribution is 0.295. The first kappa shape index (κ1) is 12.9. The second-order valence-corrected chi connectivity index (χ2v) is 5.28. The van der Waals surface area contributed by atoms with Crippen LogP contribution < -0.4 is 5.32 Å². The van der Waals surface area contributed by atoms with Crippen LogP contribution in [-0.4, -0.2) is 13.1 Å². The molecule has 1 N–H and O–H groups in total. The number of rotatable bonds is 1. The summed E-state index contributed by atoms with van der Waals surface area (Å²) in [5.74, 6) is 1.79. The van der Waals surface area contributed by atoms with Gasteiger partial charge in [0.05, 0.1) is 0 Å². The predicted molar refractivity (Wildman–Crippen MR) is 75.0 cm³/mol. The number of halogens is 1. The van der Waals surface area contributed by atoms with E-state index in [0.29, 0.717) is 0 Å². The molecule has 0 saturated carbocycles. The highest BCUT2D eigenvalue weighted by Gasteiger charge is 2.28. The molecule has 1 heterocycles. The molecule has 1 aromatic rings. The van der Waals surface area contributed by atoms with E-state index < -0.39 is 0 Å². The number of hydrogen-bond acceptors (Lipinski definition) is 1. The van der Waals surface area contributed by atoms with Crippen molar-refractivity contribution in [1.82, 2.24) is 5.32 Å². The summed E-state index contributed by atoms with van der Waals surface area (Å²) < 4.78 is 0. The summed E-state index contributed by atoms with van der Waals surface area (Å²) in [4.78, 5) is 0. The van der Waals surface area contributed by atoms with Crippen LogP contribution in [0.4, 0.5) is 0 Å². The van der Waals surface area contributed by atoms with Gasteiger partial charge in [0.2, 0.25) is 0 Å². The average Bonchev–Trinajstić information content (AvgIpc) is 2.39. The van der Waals surface area contributed by atoms with Crippen molar-refractivity contribution in [3.63, 3.8) is 0 Å². The average molecular weight is 252 g/mol. The summed E-state index contributed by atoms with van der Waals surface area (Å²) >= 11 is 0. The van der Waals surface area contributed by atoms with E-state index in [-0.39, 0.29) is 12.4 Å². The highest BCUT2D eigenvalue weighted by Crippen LogP contribution is 2.40. The van der Waals surface area contributed by atoms with E-state index in [0.717, 1.165) is 11.8 Å². The van der Waals surface area contributed by atoms with Crippen LogP contribution in [0.1, 0.15) is 42.7 Å². The smallest absolute Gasteiger partial charge is 0.00461 e. The van der Waals surface area contributed by atoms with E-state index in [9.17, 15) is 0 Å². The number of piperidine rings is 1. The topological polar surface area (TPSA) is 12.0 Å². The van der Waals surface area contributed by atoms with Crippen LogP contribution in [0.3, 0.4) is 0 Å². The van der Waals surface area contributed by atoms with Crippen LogP contribution in [-0.2, 0) is 6.42 Å². The fourth-order valence-electron chi connectivity index (χ4n) is 3.53. The van der Waals surface area contributed by atoms with Gasteiger partial charge in [0.1, 0.15) is 0 Å². The van der Waals surface area contributed by atoms with E-state index in [1.165, 1.54) is 45.2 Å². The second-order valence-electron chi connectivity index (χ2n) is 5.28. The summed E-state index contributed by atoms with van der Waals surface area (Å²) in [5, 5.41) is 3.48. The number of nitrogens with one attached hydrogen (secondary N) is 1. The number of fused-ring (bicyclic) bond motifs is 1. The van der Waals surface area contributed by atoms with Gasteiger partial charge in [-0.15, -0.1) is 12.4 Å². The fourth-order valence-corrected chi connectivity index (χ4v) is 3.53. The Morgan fingerprint density at radius 2 is 1.76 bits per heavy atom. The number of hydrogen-bond donors (Lipinski definition) is 1. The summed E-state index contributed by atoms with van der Waals surface area (Å²) in [6.45, 7) is 2.45. The second kappa shape index (κ2) is 5.88. The van der Waals surface area contributed by atoms with Crippen molar-refractivity contribution >= 4 is 12.4 Å². The molecule has 1 atom stereocenters. The maximum atomic E-state index is 3.48. The third-order valence-electron chi connectivity index (χ3n) is 4.37. The Balaban J connectivity index is 0.00000108. The van der Waals surface area contributed by atoms with Crippen LogP contribution in [0.25, 0.3) is 0 Å². The minimum atomic E-state index is 0. The lowest BCUT2D eigenvalue weighted by atomic mass is 9.73. The zero-order valence-electron chi connectivity index (χ0n) is 10.3. The molecule has 1 nitrogen and oxygen atoms in total. The van der Waals surface area contributed by atoms with Crippen molar-refractivity contribution in [3.05, 3.63) is 35.4 Å². The quantitative estimate of drug-likeness (QED) is 0.805. The minimum Gasteiger partial charge on any atom is -0.317 e. The van der Waals surface area contributed by atoms with Gasteiger partial charge in [-0.3, -0.25) is 0 Å². The molecule has 2 aliphatic rings. The van der Waals surface area contributed by atoms with Gasteiger partial charge < -0.3 is 5.32 Å². The van der Waals surface area contributed by atoms with Crippen molar-refractivity contribution in [3.8, 4) is 0 Å². The van der Waals surface area contributed by atoms with Crippen molar-refractivity contribution in [2.75, 3.05) is 13.1 Å². The Morgan fingerprint density at radius 3 is 2.59 bits per heavy atom. The third kappa shape index (κ3) is 2.66. The zero-order chi connectivity index (χ0) is 10.8. The minimum absolute atomic E-state index is 0. The predicted octanol–water partition coefficient (Wildman–Crippen LogP) is 3.53. The van der Waals surface area contributed by atoms with Crippen LogP contribution in [0.15, 0.2) is 24.3 Å². The van der Waals surface area contributed by atoms with E-state index in [1.54, 1.807) is 11.1 Å². The molecule has 17 heavy (non-hydrogen) atoms. The van der Waals surface area contributed by atoms with E-state index in [1.807, 2.05) is 0 Å². The molecule has 1 fully saturated rings. The van der Waals surface area contributed by atoms with Crippen LogP contribution in [0.2, 0.25) is 0 Å². The SMILES string of the molecule is Cl.c1ccc2c(c1)CCCC2C1CCNCC1. The monoisotopic (exact) mass is 251 g/mol. The number of benzene rings is 1. The normalized spacial score (nSPS) is 24.8. The molecule has 0 bridgehead atoms. The molecular weight excluding hydrogens is 230 g/mol. The molecule has 1 aliphatic carbocycles. The Kier molecular flexibility index (Phi) is 4.47. The van der Waals surface area contributed by atoms with Crippen molar-refractivity contribution in [2.45, 2.75) is 38.0 Å². The fraction of sp³-hybridized carbons (Fsp3) is 0.600. The van der Waals surface area contributed by atoms with Gasteiger partial charge in [0, 0.05) is 0 Å². The Labute approximate surface area is 110 Å². The molecule has 0 aromatic heterocycles. The largest absolute Gasteiger partial charge is 0.317 e. The first-order chi connectivity index (χ1) is 7.95. The summed E-state index contributed by atoms with van der Waals surface area (Å²) in [7, 11) is 0. The van der Waals surface area contributed by atoms with Crippen LogP contribution in [0.5, 0.6) is 0 Å². The van der Waals surface area contributed by atoms with Crippen LogP contribution in [0, 0.1) is 5.92 Å². The van der Waals surface area contributed by atoms with E-state index >= 15 is 0 Å². The van der Waals surface area contributed by atoms with Gasteiger partial charge in [-0.05, 0) is 68.2 Å². The molecule has 94 valence electrons. The Bertz CT molecular complexity index is 358. The molecule has 2 heteroatoms. The first-order valence-corrected chi connectivity index (χ1v) is 6.73. The Hall–Kier alpha value is -0.530. The maximum Gasteiger partial charge on any atom is -0.00461 e. The summed E-state index contributed by atoms with van der Waals surface area (Å²) in [6.07, 6.45) is 6.86. The lowest BCUT2D eigenvalue weighted by Crippen LogP contribution is -2.32. The summed E-state index contributed by atoms with van der Waals surface area (Å²) in [5.41, 5.74) is 3.29. The molecule has 1 aromatic carbocycles. The standard InChI is InChI=1S/C15H21N.ClH/c1-2-6-14-12(4-1)5-3-7-15(14)13-8-10-16-11-9-13;/h1-2,4,6,13,15-16H,3,5,7-11H2;1H. The van der Waals surface area contributed by atoms with Gasteiger partial charge in [-0.25, -0.2) is 0 Å². The Morgan fingerprint density at radius 1 is 1.00 bits per heavy atom. The van der Waals surface area contributed by atoms with Crippen molar-refractivity contribution in [2.24, 2.45) is 5.92 Å². The highest BCUT2D eigenvalue weighted by molar-refractivity contribution is 5.85. The molecule has 0 amide bonds. The number of aryl methyl sites for hydroxylation is 1. The van der Waals surface area contributed by atoms with Gasteiger partial charge in [-0.1, -0.05) is 24.3 Å². The third-order valence-corrected chi connectivity index (χ3v) is 4.37. The molecule has 1 unspecified atom stereocenters.